The molecule has 2 fully saturated rings. The summed E-state index contributed by atoms with van der Waals surface area (Å²) in [7, 11) is 1.64. The molecule has 5 nitrogen and oxygen atoms in total. The van der Waals surface area contributed by atoms with Crippen LogP contribution in [0.5, 0.6) is 5.75 Å². The summed E-state index contributed by atoms with van der Waals surface area (Å²) < 4.78 is 5.42. The van der Waals surface area contributed by atoms with Crippen LogP contribution >= 0.6 is 0 Å². The Morgan fingerprint density at radius 2 is 1.79 bits per heavy atom. The van der Waals surface area contributed by atoms with Gasteiger partial charge < -0.3 is 20.3 Å². The zero-order valence-corrected chi connectivity index (χ0v) is 14.6. The van der Waals surface area contributed by atoms with Crippen molar-refractivity contribution in [1.82, 2.24) is 5.32 Å². The average molecular weight is 331 g/mol. The lowest BCUT2D eigenvalue weighted by atomic mass is 9.96. The average Bonchev–Trinajstić information content (AvgIpc) is 2.63. The zero-order chi connectivity index (χ0) is 16.8. The highest BCUT2D eigenvalue weighted by Gasteiger charge is 2.18. The van der Waals surface area contributed by atoms with Crippen LogP contribution in [0.3, 0.4) is 0 Å². The van der Waals surface area contributed by atoms with E-state index >= 15 is 0 Å². The van der Waals surface area contributed by atoms with Crippen molar-refractivity contribution in [1.29, 1.82) is 0 Å². The lowest BCUT2D eigenvalue weighted by Crippen LogP contribution is -2.39. The molecular weight excluding hydrogens is 302 g/mol. The first kappa shape index (κ1) is 16.9. The van der Waals surface area contributed by atoms with Crippen molar-refractivity contribution in [3.63, 3.8) is 0 Å². The Morgan fingerprint density at radius 1 is 1.08 bits per heavy atom. The molecule has 0 bridgehead atoms. The molecule has 0 radical (unpaired) electrons. The quantitative estimate of drug-likeness (QED) is 0.872. The van der Waals surface area contributed by atoms with Gasteiger partial charge in [-0.3, -0.25) is 0 Å². The standard InChI is InChI=1S/C19H29N3O2/c1-24-18-11-10-16(22-12-6-3-7-13-22)14-17(18)21-19(23)20-15-8-4-2-5-9-15/h10-11,14-15H,2-9,12-13H2,1H3,(H2,20,21,23). The van der Waals surface area contributed by atoms with Gasteiger partial charge in [0.15, 0.2) is 0 Å². The normalized spacial score (nSPS) is 19.0. The van der Waals surface area contributed by atoms with Gasteiger partial charge in [0.2, 0.25) is 0 Å². The Kier molecular flexibility index (Phi) is 5.83. The van der Waals surface area contributed by atoms with E-state index in [1.165, 1.54) is 38.5 Å². The van der Waals surface area contributed by atoms with Crippen LogP contribution in [0.25, 0.3) is 0 Å². The smallest absolute Gasteiger partial charge is 0.319 e. The summed E-state index contributed by atoms with van der Waals surface area (Å²) in [6.07, 6.45) is 9.63. The van der Waals surface area contributed by atoms with Crippen LogP contribution in [-0.2, 0) is 0 Å². The molecule has 132 valence electrons. The number of hydrogen-bond donors (Lipinski definition) is 2. The maximum atomic E-state index is 12.3. The summed E-state index contributed by atoms with van der Waals surface area (Å²) in [6.45, 7) is 2.17. The Labute approximate surface area is 144 Å². The second-order valence-corrected chi connectivity index (χ2v) is 6.87. The molecule has 2 N–H and O–H groups in total. The number of urea groups is 1. The van der Waals surface area contributed by atoms with Gasteiger partial charge in [-0.2, -0.15) is 0 Å². The molecule has 0 atom stereocenters. The number of rotatable bonds is 4. The molecule has 1 saturated heterocycles. The minimum atomic E-state index is -0.129. The van der Waals surface area contributed by atoms with Gasteiger partial charge in [-0.15, -0.1) is 0 Å². The van der Waals surface area contributed by atoms with Crippen LogP contribution in [0.4, 0.5) is 16.2 Å². The van der Waals surface area contributed by atoms with Crippen molar-refractivity contribution < 1.29 is 9.53 Å². The molecule has 1 aromatic rings. The molecular formula is C19H29N3O2. The highest BCUT2D eigenvalue weighted by molar-refractivity contribution is 5.92. The second-order valence-electron chi connectivity index (χ2n) is 6.87. The highest BCUT2D eigenvalue weighted by Crippen LogP contribution is 2.31. The third kappa shape index (κ3) is 4.34. The van der Waals surface area contributed by atoms with Crippen molar-refractivity contribution in [3.05, 3.63) is 18.2 Å². The molecule has 5 heteroatoms. The van der Waals surface area contributed by atoms with Gasteiger partial charge in [-0.1, -0.05) is 19.3 Å². The van der Waals surface area contributed by atoms with Crippen molar-refractivity contribution in [3.8, 4) is 5.75 Å². The number of anilines is 2. The number of methoxy groups -OCH3 is 1. The Hall–Kier alpha value is -1.91. The minimum absolute atomic E-state index is 0.129. The molecule has 1 aliphatic heterocycles. The number of nitrogens with zero attached hydrogens (tertiary/aromatic N) is 1. The molecule has 24 heavy (non-hydrogen) atoms. The Balaban J connectivity index is 1.66. The zero-order valence-electron chi connectivity index (χ0n) is 14.6. The van der Waals surface area contributed by atoms with Crippen LogP contribution in [0.15, 0.2) is 18.2 Å². The van der Waals surface area contributed by atoms with Gasteiger partial charge in [0, 0.05) is 24.8 Å². The maximum Gasteiger partial charge on any atom is 0.319 e. The highest BCUT2D eigenvalue weighted by atomic mass is 16.5. The number of piperidine rings is 1. The topological polar surface area (TPSA) is 53.6 Å². The monoisotopic (exact) mass is 331 g/mol. The number of carbonyl (C=O) groups is 1. The second kappa shape index (κ2) is 8.27. The SMILES string of the molecule is COc1ccc(N2CCCCC2)cc1NC(=O)NC1CCCCC1. The maximum absolute atomic E-state index is 12.3. The Morgan fingerprint density at radius 3 is 2.50 bits per heavy atom. The van der Waals surface area contributed by atoms with Gasteiger partial charge in [0.25, 0.3) is 0 Å². The summed E-state index contributed by atoms with van der Waals surface area (Å²) in [6, 6.07) is 6.23. The summed E-state index contributed by atoms with van der Waals surface area (Å²) in [5, 5.41) is 6.08. The molecule has 0 spiro atoms. The van der Waals surface area contributed by atoms with E-state index in [0.29, 0.717) is 11.8 Å². The van der Waals surface area contributed by atoms with E-state index in [9.17, 15) is 4.79 Å². The van der Waals surface area contributed by atoms with Crippen molar-refractivity contribution in [2.24, 2.45) is 0 Å². The van der Waals surface area contributed by atoms with Crippen LogP contribution in [-0.4, -0.2) is 32.3 Å². The van der Waals surface area contributed by atoms with Crippen molar-refractivity contribution in [2.45, 2.75) is 57.4 Å². The molecule has 2 aliphatic rings. The number of nitrogens with one attached hydrogen (secondary N) is 2. The van der Waals surface area contributed by atoms with E-state index in [0.717, 1.165) is 37.3 Å². The van der Waals surface area contributed by atoms with Crippen LogP contribution < -0.4 is 20.3 Å². The lowest BCUT2D eigenvalue weighted by molar-refractivity contribution is 0.244. The van der Waals surface area contributed by atoms with Crippen molar-refractivity contribution in [2.75, 3.05) is 30.4 Å². The van der Waals surface area contributed by atoms with Gasteiger partial charge in [-0.25, -0.2) is 4.79 Å². The first-order chi connectivity index (χ1) is 11.8. The number of amides is 2. The van der Waals surface area contributed by atoms with Gasteiger partial charge in [0.1, 0.15) is 5.75 Å². The molecule has 1 heterocycles. The molecule has 1 saturated carbocycles. The summed E-state index contributed by atoms with van der Waals surface area (Å²) in [5.41, 5.74) is 1.90. The molecule has 2 amide bonds. The molecule has 0 unspecified atom stereocenters. The largest absolute Gasteiger partial charge is 0.495 e. The number of ether oxygens (including phenoxy) is 1. The molecule has 3 rings (SSSR count). The first-order valence-electron chi connectivity index (χ1n) is 9.27. The van der Waals surface area contributed by atoms with E-state index in [2.05, 4.69) is 21.6 Å². The van der Waals surface area contributed by atoms with E-state index in [1.54, 1.807) is 7.11 Å². The van der Waals surface area contributed by atoms with E-state index in [-0.39, 0.29) is 6.03 Å². The third-order valence-corrected chi connectivity index (χ3v) is 5.09. The van der Waals surface area contributed by atoms with Crippen LogP contribution in [0.1, 0.15) is 51.4 Å². The minimum Gasteiger partial charge on any atom is -0.495 e. The summed E-state index contributed by atoms with van der Waals surface area (Å²) >= 11 is 0. The number of benzene rings is 1. The van der Waals surface area contributed by atoms with Gasteiger partial charge >= 0.3 is 6.03 Å². The fourth-order valence-electron chi connectivity index (χ4n) is 3.73. The van der Waals surface area contributed by atoms with E-state index < -0.39 is 0 Å². The predicted octanol–water partition coefficient (Wildman–Crippen LogP) is 4.14. The fraction of sp³-hybridized carbons (Fsp3) is 0.632. The molecule has 1 aromatic carbocycles. The predicted molar refractivity (Wildman–Crippen MR) is 98.1 cm³/mol. The van der Waals surface area contributed by atoms with Crippen LogP contribution in [0.2, 0.25) is 0 Å². The Bertz CT molecular complexity index is 550. The van der Waals surface area contributed by atoms with Gasteiger partial charge in [0.05, 0.1) is 12.8 Å². The van der Waals surface area contributed by atoms with E-state index in [4.69, 9.17) is 4.74 Å². The molecule has 1 aliphatic carbocycles. The lowest BCUT2D eigenvalue weighted by Gasteiger charge is -2.29. The summed E-state index contributed by atoms with van der Waals surface area (Å²) in [4.78, 5) is 14.7. The van der Waals surface area contributed by atoms with Gasteiger partial charge in [-0.05, 0) is 50.3 Å². The van der Waals surface area contributed by atoms with E-state index in [1.807, 2.05) is 12.1 Å². The third-order valence-electron chi connectivity index (χ3n) is 5.09. The molecule has 0 aromatic heterocycles. The summed E-state index contributed by atoms with van der Waals surface area (Å²) in [5.74, 6) is 0.703. The number of carbonyl (C=O) groups excluding carboxylic acids is 1. The van der Waals surface area contributed by atoms with Crippen LogP contribution in [0, 0.1) is 0 Å². The fourth-order valence-corrected chi connectivity index (χ4v) is 3.73. The van der Waals surface area contributed by atoms with Crippen molar-refractivity contribution >= 4 is 17.4 Å². The first-order valence-corrected chi connectivity index (χ1v) is 9.27. The number of hydrogen-bond acceptors (Lipinski definition) is 3.